The molecule has 0 spiro atoms. The number of nitrogens with one attached hydrogen (secondary N) is 1. The van der Waals surface area contributed by atoms with Crippen molar-refractivity contribution < 1.29 is 14.3 Å². The van der Waals surface area contributed by atoms with Crippen LogP contribution < -0.4 is 15.0 Å². The average molecular weight is 486 g/mol. The largest absolute Gasteiger partial charge is 0.478 e. The van der Waals surface area contributed by atoms with Crippen molar-refractivity contribution in [3.63, 3.8) is 0 Å². The van der Waals surface area contributed by atoms with Crippen molar-refractivity contribution in [1.82, 2.24) is 10.2 Å². The summed E-state index contributed by atoms with van der Waals surface area (Å²) < 4.78 is 11.0. The Morgan fingerprint density at radius 2 is 1.71 bits per heavy atom. The number of benzene rings is 2. The molecule has 0 amide bonds. The average Bonchev–Trinajstić information content (AvgIpc) is 2.89. The highest BCUT2D eigenvalue weighted by atomic mass is 35.5. The zero-order chi connectivity index (χ0) is 23.8. The Morgan fingerprint density at radius 1 is 1.03 bits per heavy atom. The summed E-state index contributed by atoms with van der Waals surface area (Å²) in [6, 6.07) is 15.5. The number of carbonyl (C=O) groups excluding carboxylic acids is 1. The van der Waals surface area contributed by atoms with E-state index in [2.05, 4.69) is 27.2 Å². The summed E-state index contributed by atoms with van der Waals surface area (Å²) in [7, 11) is 1.38. The molecule has 6 nitrogen and oxygen atoms in total. The molecule has 0 aromatic heterocycles. The minimum atomic E-state index is -0.708. The minimum absolute atomic E-state index is 0.389. The molecule has 34 heavy (non-hydrogen) atoms. The van der Waals surface area contributed by atoms with Gasteiger partial charge < -0.3 is 19.7 Å². The number of hydrogen-bond donors (Lipinski definition) is 1. The molecule has 2 aromatic carbocycles. The van der Waals surface area contributed by atoms with Gasteiger partial charge in [0, 0.05) is 43.3 Å². The minimum Gasteiger partial charge on any atom is -0.478 e. The standard InChI is InChI=1S/C27H36ClN3O3/c1-33-27(32)26(20-22-2-4-23(28)5-3-22)34-25-8-6-24(7-9-25)31-18-16-30(17-19-31)15-12-21-10-13-29-14-11-21/h2-9,21,26,29H,10-20H2,1H3. The first kappa shape index (κ1) is 24.8. The van der Waals surface area contributed by atoms with Crippen LogP contribution in [0.25, 0.3) is 0 Å². The normalized spacial score (nSPS) is 18.5. The maximum atomic E-state index is 12.3. The number of ether oxygens (including phenoxy) is 2. The van der Waals surface area contributed by atoms with E-state index in [0.717, 1.165) is 37.7 Å². The van der Waals surface area contributed by atoms with Crippen LogP contribution >= 0.6 is 11.6 Å². The number of piperazine rings is 1. The van der Waals surface area contributed by atoms with E-state index in [9.17, 15) is 4.79 Å². The van der Waals surface area contributed by atoms with Crippen LogP contribution in [0.3, 0.4) is 0 Å². The molecular weight excluding hydrogens is 450 g/mol. The Balaban J connectivity index is 1.27. The lowest BCUT2D eigenvalue weighted by Crippen LogP contribution is -2.47. The van der Waals surface area contributed by atoms with Gasteiger partial charge in [-0.05, 0) is 86.8 Å². The SMILES string of the molecule is COC(=O)C(Cc1ccc(Cl)cc1)Oc1ccc(N2CCN(CCC3CCNCC3)CC2)cc1. The van der Waals surface area contributed by atoms with E-state index < -0.39 is 6.10 Å². The summed E-state index contributed by atoms with van der Waals surface area (Å²) in [6.45, 7) is 7.86. The third-order valence-electron chi connectivity index (χ3n) is 6.96. The first-order chi connectivity index (χ1) is 16.6. The molecule has 0 radical (unpaired) electrons. The van der Waals surface area contributed by atoms with Gasteiger partial charge in [0.2, 0.25) is 0 Å². The molecule has 1 atom stereocenters. The summed E-state index contributed by atoms with van der Waals surface area (Å²) in [6.07, 6.45) is 3.69. The van der Waals surface area contributed by atoms with Crippen LogP contribution in [0.2, 0.25) is 5.02 Å². The van der Waals surface area contributed by atoms with Gasteiger partial charge in [-0.1, -0.05) is 23.7 Å². The highest BCUT2D eigenvalue weighted by Crippen LogP contribution is 2.23. The number of piperidine rings is 1. The molecule has 7 heteroatoms. The maximum Gasteiger partial charge on any atom is 0.347 e. The Kier molecular flexibility index (Phi) is 9.08. The van der Waals surface area contributed by atoms with E-state index in [1.165, 1.54) is 51.7 Å². The van der Waals surface area contributed by atoms with Gasteiger partial charge in [-0.15, -0.1) is 0 Å². The van der Waals surface area contributed by atoms with Gasteiger partial charge in [0.25, 0.3) is 0 Å². The van der Waals surface area contributed by atoms with Crippen molar-refractivity contribution in [1.29, 1.82) is 0 Å². The van der Waals surface area contributed by atoms with E-state index in [1.54, 1.807) is 0 Å². The molecule has 2 saturated heterocycles. The fourth-order valence-corrected chi connectivity index (χ4v) is 4.93. The highest BCUT2D eigenvalue weighted by Gasteiger charge is 2.23. The molecular formula is C27H36ClN3O3. The quantitative estimate of drug-likeness (QED) is 0.541. The number of hydrogen-bond acceptors (Lipinski definition) is 6. The Labute approximate surface area is 208 Å². The number of carbonyl (C=O) groups is 1. The molecule has 2 fully saturated rings. The summed E-state index contributed by atoms with van der Waals surface area (Å²) in [5.74, 6) is 1.16. The van der Waals surface area contributed by atoms with Crippen molar-refractivity contribution in [2.24, 2.45) is 5.92 Å². The Hall–Kier alpha value is -2.28. The molecule has 1 N–H and O–H groups in total. The number of anilines is 1. The predicted octanol–water partition coefficient (Wildman–Crippen LogP) is 4.01. The second-order valence-electron chi connectivity index (χ2n) is 9.26. The van der Waals surface area contributed by atoms with E-state index in [-0.39, 0.29) is 5.97 Å². The van der Waals surface area contributed by atoms with Crippen molar-refractivity contribution in [2.75, 3.05) is 57.8 Å². The number of esters is 1. The fraction of sp³-hybridized carbons (Fsp3) is 0.519. The lowest BCUT2D eigenvalue weighted by molar-refractivity contribution is -0.148. The summed E-state index contributed by atoms with van der Waals surface area (Å²) >= 11 is 5.97. The van der Waals surface area contributed by atoms with Gasteiger partial charge in [-0.2, -0.15) is 0 Å². The molecule has 1 unspecified atom stereocenters. The van der Waals surface area contributed by atoms with E-state index in [4.69, 9.17) is 21.1 Å². The van der Waals surface area contributed by atoms with Crippen LogP contribution in [0.4, 0.5) is 5.69 Å². The topological polar surface area (TPSA) is 54.0 Å². The molecule has 184 valence electrons. The van der Waals surface area contributed by atoms with Crippen molar-refractivity contribution in [3.8, 4) is 5.75 Å². The molecule has 0 aliphatic carbocycles. The van der Waals surface area contributed by atoms with Crippen LogP contribution in [0, 0.1) is 5.92 Å². The van der Waals surface area contributed by atoms with E-state index in [0.29, 0.717) is 17.2 Å². The van der Waals surface area contributed by atoms with Crippen molar-refractivity contribution in [2.45, 2.75) is 31.8 Å². The molecule has 4 rings (SSSR count). The van der Waals surface area contributed by atoms with Gasteiger partial charge >= 0.3 is 5.97 Å². The monoisotopic (exact) mass is 485 g/mol. The first-order valence-electron chi connectivity index (χ1n) is 12.4. The molecule has 2 aliphatic heterocycles. The second kappa shape index (κ2) is 12.4. The lowest BCUT2D eigenvalue weighted by Gasteiger charge is -2.37. The number of nitrogens with zero attached hydrogens (tertiary/aromatic N) is 2. The van der Waals surface area contributed by atoms with E-state index >= 15 is 0 Å². The molecule has 2 heterocycles. The number of rotatable bonds is 9. The summed E-state index contributed by atoms with van der Waals surface area (Å²) in [4.78, 5) is 17.3. The molecule has 0 saturated carbocycles. The Morgan fingerprint density at radius 3 is 2.35 bits per heavy atom. The maximum absolute atomic E-state index is 12.3. The predicted molar refractivity (Wildman–Crippen MR) is 137 cm³/mol. The van der Waals surface area contributed by atoms with Gasteiger partial charge in [0.1, 0.15) is 5.75 Å². The third-order valence-corrected chi connectivity index (χ3v) is 7.22. The zero-order valence-corrected chi connectivity index (χ0v) is 20.8. The fourth-order valence-electron chi connectivity index (χ4n) is 4.80. The highest BCUT2D eigenvalue weighted by molar-refractivity contribution is 6.30. The molecule has 2 aliphatic rings. The van der Waals surface area contributed by atoms with Crippen LogP contribution in [0.15, 0.2) is 48.5 Å². The van der Waals surface area contributed by atoms with Gasteiger partial charge in [-0.3, -0.25) is 4.90 Å². The third kappa shape index (κ3) is 7.11. The summed E-state index contributed by atoms with van der Waals surface area (Å²) in [5, 5.41) is 4.12. The van der Waals surface area contributed by atoms with Crippen LogP contribution in [0.1, 0.15) is 24.8 Å². The Bertz CT molecular complexity index is 892. The van der Waals surface area contributed by atoms with Crippen LogP contribution in [-0.4, -0.2) is 69.9 Å². The lowest BCUT2D eigenvalue weighted by atomic mass is 9.94. The second-order valence-corrected chi connectivity index (χ2v) is 9.70. The summed E-state index contributed by atoms with van der Waals surface area (Å²) in [5.41, 5.74) is 2.16. The van der Waals surface area contributed by atoms with Crippen LogP contribution in [-0.2, 0) is 16.0 Å². The van der Waals surface area contributed by atoms with Crippen molar-refractivity contribution in [3.05, 3.63) is 59.1 Å². The van der Waals surface area contributed by atoms with E-state index in [1.807, 2.05) is 36.4 Å². The van der Waals surface area contributed by atoms with Gasteiger partial charge in [0.15, 0.2) is 6.10 Å². The number of halogens is 1. The smallest absolute Gasteiger partial charge is 0.347 e. The number of methoxy groups -OCH3 is 1. The van der Waals surface area contributed by atoms with Gasteiger partial charge in [0.05, 0.1) is 7.11 Å². The van der Waals surface area contributed by atoms with Gasteiger partial charge in [-0.25, -0.2) is 4.79 Å². The zero-order valence-electron chi connectivity index (χ0n) is 20.0. The van der Waals surface area contributed by atoms with Crippen LogP contribution in [0.5, 0.6) is 5.75 Å². The first-order valence-corrected chi connectivity index (χ1v) is 12.8. The molecule has 2 aromatic rings. The van der Waals surface area contributed by atoms with Crippen molar-refractivity contribution >= 4 is 23.3 Å². The molecule has 0 bridgehead atoms.